The molecule has 0 atom stereocenters. The van der Waals surface area contributed by atoms with Gasteiger partial charge >= 0.3 is 0 Å². The zero-order valence-electron chi connectivity index (χ0n) is 13.0. The van der Waals surface area contributed by atoms with Gasteiger partial charge in [-0.2, -0.15) is 0 Å². The molecule has 0 bridgehead atoms. The molecule has 0 spiro atoms. The zero-order chi connectivity index (χ0) is 16.9. The minimum atomic E-state index is -0.222. The molecule has 0 aromatic carbocycles. The van der Waals surface area contributed by atoms with E-state index in [9.17, 15) is 9.59 Å². The first-order valence-electron chi connectivity index (χ1n) is 7.88. The number of nitrogens with one attached hydrogen (secondary N) is 2. The van der Waals surface area contributed by atoms with E-state index in [1.807, 2.05) is 0 Å². The molecular formula is C17H18ClN3O3. The monoisotopic (exact) mass is 347 g/mol. The molecule has 2 aromatic rings. The predicted octanol–water partition coefficient (Wildman–Crippen LogP) is 2.54. The first-order chi connectivity index (χ1) is 11.6. The number of aromatic nitrogens is 2. The van der Waals surface area contributed by atoms with Gasteiger partial charge in [-0.05, 0) is 37.8 Å². The average Bonchev–Trinajstić information content (AvgIpc) is 2.59. The van der Waals surface area contributed by atoms with Gasteiger partial charge in [0.2, 0.25) is 11.4 Å². The number of hydrogen-bond acceptors (Lipinski definition) is 4. The Hall–Kier alpha value is -2.34. The fourth-order valence-electron chi connectivity index (χ4n) is 2.75. The molecule has 1 aliphatic rings. The predicted molar refractivity (Wildman–Crippen MR) is 90.4 cm³/mol. The first kappa shape index (κ1) is 16.5. The molecule has 24 heavy (non-hydrogen) atoms. The lowest BCUT2D eigenvalue weighted by Crippen LogP contribution is -2.39. The van der Waals surface area contributed by atoms with Crippen molar-refractivity contribution in [2.75, 3.05) is 0 Å². The molecule has 2 aromatic heterocycles. The second-order valence-electron chi connectivity index (χ2n) is 5.82. The van der Waals surface area contributed by atoms with Gasteiger partial charge in [0.1, 0.15) is 6.10 Å². The van der Waals surface area contributed by atoms with E-state index in [1.165, 1.54) is 18.3 Å². The van der Waals surface area contributed by atoms with E-state index in [0.717, 1.165) is 25.7 Å². The van der Waals surface area contributed by atoms with Crippen molar-refractivity contribution in [3.05, 3.63) is 57.6 Å². The molecule has 1 amide bonds. The molecule has 0 saturated heterocycles. The summed E-state index contributed by atoms with van der Waals surface area (Å²) < 4.78 is 5.84. The summed E-state index contributed by atoms with van der Waals surface area (Å²) in [5.41, 5.74) is 0.235. The lowest BCUT2D eigenvalue weighted by molar-refractivity contribution is 0.0890. The van der Waals surface area contributed by atoms with E-state index in [0.29, 0.717) is 16.5 Å². The average molecular weight is 348 g/mol. The van der Waals surface area contributed by atoms with Gasteiger partial charge in [0.25, 0.3) is 5.91 Å². The van der Waals surface area contributed by atoms with Crippen LogP contribution in [-0.2, 0) is 0 Å². The van der Waals surface area contributed by atoms with Crippen LogP contribution in [0.3, 0.4) is 0 Å². The smallest absolute Gasteiger partial charge is 0.252 e. The topological polar surface area (TPSA) is 84.1 Å². The van der Waals surface area contributed by atoms with E-state index < -0.39 is 0 Å². The number of pyridine rings is 2. The van der Waals surface area contributed by atoms with E-state index in [1.54, 1.807) is 18.3 Å². The number of aromatic amines is 1. The number of amides is 1. The third kappa shape index (κ3) is 4.35. The third-order valence-electron chi connectivity index (χ3n) is 4.04. The maximum atomic E-state index is 12.1. The largest absolute Gasteiger partial charge is 0.474 e. The van der Waals surface area contributed by atoms with Gasteiger partial charge in [-0.3, -0.25) is 9.59 Å². The van der Waals surface area contributed by atoms with Crippen LogP contribution < -0.4 is 15.6 Å². The number of hydrogen-bond donors (Lipinski definition) is 2. The Morgan fingerprint density at radius 2 is 2.00 bits per heavy atom. The fourth-order valence-corrected chi connectivity index (χ4v) is 2.86. The van der Waals surface area contributed by atoms with Crippen LogP contribution in [0.15, 0.2) is 41.5 Å². The van der Waals surface area contributed by atoms with Crippen molar-refractivity contribution in [3.63, 3.8) is 0 Å². The zero-order valence-corrected chi connectivity index (χ0v) is 13.8. The van der Waals surface area contributed by atoms with Crippen molar-refractivity contribution >= 4 is 17.5 Å². The normalized spacial score (nSPS) is 20.4. The van der Waals surface area contributed by atoms with E-state index in [-0.39, 0.29) is 23.6 Å². The Morgan fingerprint density at radius 3 is 2.62 bits per heavy atom. The molecule has 0 radical (unpaired) electrons. The van der Waals surface area contributed by atoms with Gasteiger partial charge in [-0.1, -0.05) is 11.6 Å². The highest BCUT2D eigenvalue weighted by atomic mass is 35.5. The Kier molecular flexibility index (Phi) is 5.15. The number of H-pyrrole nitrogens is 1. The summed E-state index contributed by atoms with van der Waals surface area (Å²) in [5.74, 6) is 0.398. The van der Waals surface area contributed by atoms with Crippen LogP contribution in [0.2, 0.25) is 5.02 Å². The molecule has 7 heteroatoms. The lowest BCUT2D eigenvalue weighted by atomic mass is 9.92. The van der Waals surface area contributed by atoms with Gasteiger partial charge in [-0.25, -0.2) is 4.98 Å². The SMILES string of the molecule is O=C(NC1CCC(Oc2ccc(Cl)cn2)CC1)c1ccc(=O)[nH]c1. The molecule has 1 aliphatic carbocycles. The van der Waals surface area contributed by atoms with Crippen LogP contribution >= 0.6 is 11.6 Å². The highest BCUT2D eigenvalue weighted by Crippen LogP contribution is 2.23. The Labute approximate surface area is 144 Å². The molecular weight excluding hydrogens is 330 g/mol. The van der Waals surface area contributed by atoms with Crippen molar-refractivity contribution < 1.29 is 9.53 Å². The van der Waals surface area contributed by atoms with Gasteiger partial charge in [0, 0.05) is 30.6 Å². The van der Waals surface area contributed by atoms with E-state index in [2.05, 4.69) is 15.3 Å². The summed E-state index contributed by atoms with van der Waals surface area (Å²) in [6.07, 6.45) is 6.47. The Morgan fingerprint density at radius 1 is 1.21 bits per heavy atom. The van der Waals surface area contributed by atoms with Crippen LogP contribution in [-0.4, -0.2) is 28.0 Å². The maximum absolute atomic E-state index is 12.1. The standard InChI is InChI=1S/C17H18ClN3O3/c18-12-2-8-16(20-10-12)24-14-5-3-13(4-6-14)21-17(23)11-1-7-15(22)19-9-11/h1-2,7-10,13-14H,3-6H2,(H,19,22)(H,21,23). The molecule has 2 heterocycles. The van der Waals surface area contributed by atoms with Crippen LogP contribution in [0, 0.1) is 0 Å². The Bertz CT molecular complexity index is 732. The molecule has 1 fully saturated rings. The van der Waals surface area contributed by atoms with Crippen molar-refractivity contribution in [2.45, 2.75) is 37.8 Å². The van der Waals surface area contributed by atoms with E-state index >= 15 is 0 Å². The highest BCUT2D eigenvalue weighted by Gasteiger charge is 2.24. The number of rotatable bonds is 4. The highest BCUT2D eigenvalue weighted by molar-refractivity contribution is 6.30. The van der Waals surface area contributed by atoms with Crippen LogP contribution in [0.1, 0.15) is 36.0 Å². The van der Waals surface area contributed by atoms with Gasteiger partial charge < -0.3 is 15.0 Å². The molecule has 1 saturated carbocycles. The third-order valence-corrected chi connectivity index (χ3v) is 4.27. The van der Waals surface area contributed by atoms with Crippen LogP contribution in [0.4, 0.5) is 0 Å². The molecule has 6 nitrogen and oxygen atoms in total. The number of carbonyl (C=O) groups excluding carboxylic acids is 1. The van der Waals surface area contributed by atoms with Crippen molar-refractivity contribution in [1.82, 2.24) is 15.3 Å². The summed E-state index contributed by atoms with van der Waals surface area (Å²) in [6, 6.07) is 6.49. The van der Waals surface area contributed by atoms with Crippen molar-refractivity contribution in [1.29, 1.82) is 0 Å². The molecule has 0 aliphatic heterocycles. The van der Waals surface area contributed by atoms with Crippen LogP contribution in [0.25, 0.3) is 0 Å². The molecule has 0 unspecified atom stereocenters. The van der Waals surface area contributed by atoms with Crippen molar-refractivity contribution in [2.24, 2.45) is 0 Å². The summed E-state index contributed by atoms with van der Waals surface area (Å²) >= 11 is 5.80. The van der Waals surface area contributed by atoms with Crippen LogP contribution in [0.5, 0.6) is 5.88 Å². The quantitative estimate of drug-likeness (QED) is 0.890. The van der Waals surface area contributed by atoms with E-state index in [4.69, 9.17) is 16.3 Å². The van der Waals surface area contributed by atoms with Gasteiger partial charge in [0.05, 0.1) is 10.6 Å². The van der Waals surface area contributed by atoms with Crippen molar-refractivity contribution in [3.8, 4) is 5.88 Å². The van der Waals surface area contributed by atoms with Gasteiger partial charge in [-0.15, -0.1) is 0 Å². The summed E-state index contributed by atoms with van der Waals surface area (Å²) in [7, 11) is 0. The Balaban J connectivity index is 1.48. The fraction of sp³-hybridized carbons (Fsp3) is 0.353. The second-order valence-corrected chi connectivity index (χ2v) is 6.26. The molecule has 2 N–H and O–H groups in total. The summed E-state index contributed by atoms with van der Waals surface area (Å²) in [5, 5.41) is 3.58. The second kappa shape index (κ2) is 7.49. The number of halogens is 1. The number of carbonyl (C=O) groups is 1. The number of nitrogens with zero attached hydrogens (tertiary/aromatic N) is 1. The lowest BCUT2D eigenvalue weighted by Gasteiger charge is -2.29. The summed E-state index contributed by atoms with van der Waals surface area (Å²) in [4.78, 5) is 29.8. The maximum Gasteiger partial charge on any atom is 0.252 e. The minimum absolute atomic E-state index is 0.0971. The first-order valence-corrected chi connectivity index (χ1v) is 8.26. The van der Waals surface area contributed by atoms with Gasteiger partial charge in [0.15, 0.2) is 0 Å². The summed E-state index contributed by atoms with van der Waals surface area (Å²) in [6.45, 7) is 0. The molecule has 126 valence electrons. The number of ether oxygens (including phenoxy) is 1. The minimum Gasteiger partial charge on any atom is -0.474 e. The molecule has 3 rings (SSSR count).